The molecule has 0 fully saturated rings. The molecule has 0 aliphatic heterocycles. The fourth-order valence-corrected chi connectivity index (χ4v) is 3.20. The summed E-state index contributed by atoms with van der Waals surface area (Å²) in [4.78, 5) is 10.2. The van der Waals surface area contributed by atoms with E-state index in [1.807, 2.05) is 0 Å². The van der Waals surface area contributed by atoms with Crippen LogP contribution in [0.4, 0.5) is 5.69 Å². The van der Waals surface area contributed by atoms with Crippen LogP contribution < -0.4 is 14.2 Å². The minimum atomic E-state index is -3.62. The van der Waals surface area contributed by atoms with Crippen molar-refractivity contribution in [3.05, 3.63) is 64.2 Å². The van der Waals surface area contributed by atoms with E-state index >= 15 is 0 Å². The highest BCUT2D eigenvalue weighted by atomic mass is 32.2. The molecule has 0 radical (unpaired) electrons. The molecule has 0 aliphatic carbocycles. The van der Waals surface area contributed by atoms with Gasteiger partial charge in [0.25, 0.3) is 5.69 Å². The second-order valence-corrected chi connectivity index (χ2v) is 6.91. The van der Waals surface area contributed by atoms with Gasteiger partial charge in [-0.1, -0.05) is 18.2 Å². The third-order valence-corrected chi connectivity index (χ3v) is 4.57. The molecule has 0 unspecified atom stereocenters. The Morgan fingerprint density at radius 1 is 1.12 bits per heavy atom. The van der Waals surface area contributed by atoms with E-state index in [1.54, 1.807) is 31.4 Å². The molecule has 2 aromatic carbocycles. The molecule has 134 valence electrons. The van der Waals surface area contributed by atoms with Crippen LogP contribution in [0.3, 0.4) is 0 Å². The molecule has 0 aliphatic rings. The normalized spacial score (nSPS) is 11.1. The average Bonchev–Trinajstić information content (AvgIpc) is 2.59. The lowest BCUT2D eigenvalue weighted by molar-refractivity contribution is -0.384. The summed E-state index contributed by atoms with van der Waals surface area (Å²) in [7, 11) is -2.08. The Bertz CT molecular complexity index is 838. The first-order valence-corrected chi connectivity index (χ1v) is 9.02. The summed E-state index contributed by atoms with van der Waals surface area (Å²) in [5.41, 5.74) is 0.199. The summed E-state index contributed by atoms with van der Waals surface area (Å²) in [6.07, 6.45) is 0. The van der Waals surface area contributed by atoms with Crippen LogP contribution in [0.15, 0.2) is 48.5 Å². The van der Waals surface area contributed by atoms with Crippen molar-refractivity contribution >= 4 is 15.7 Å². The van der Waals surface area contributed by atoms with E-state index in [0.717, 1.165) is 0 Å². The van der Waals surface area contributed by atoms with Crippen LogP contribution in [0.1, 0.15) is 5.56 Å². The highest BCUT2D eigenvalue weighted by molar-refractivity contribution is 7.88. The average molecular weight is 366 g/mol. The van der Waals surface area contributed by atoms with Crippen molar-refractivity contribution in [2.75, 3.05) is 20.3 Å². The van der Waals surface area contributed by atoms with Crippen molar-refractivity contribution in [3.8, 4) is 11.5 Å². The van der Waals surface area contributed by atoms with Crippen molar-refractivity contribution in [3.63, 3.8) is 0 Å². The molecule has 25 heavy (non-hydrogen) atoms. The number of hydrogen-bond donors (Lipinski definition) is 1. The summed E-state index contributed by atoms with van der Waals surface area (Å²) in [6, 6.07) is 12.5. The molecule has 0 saturated carbocycles. The molecule has 0 bridgehead atoms. The Labute approximate surface area is 145 Å². The van der Waals surface area contributed by atoms with Crippen LogP contribution in [0.25, 0.3) is 0 Å². The van der Waals surface area contributed by atoms with E-state index in [9.17, 15) is 18.5 Å². The maximum atomic E-state index is 12.0. The van der Waals surface area contributed by atoms with Crippen molar-refractivity contribution in [1.82, 2.24) is 4.72 Å². The predicted octanol–water partition coefficient (Wildman–Crippen LogP) is 2.10. The summed E-state index contributed by atoms with van der Waals surface area (Å²) in [5.74, 6) is 0.870. The molecular weight excluding hydrogens is 348 g/mol. The van der Waals surface area contributed by atoms with Gasteiger partial charge in [0.2, 0.25) is 10.0 Å². The van der Waals surface area contributed by atoms with Crippen molar-refractivity contribution in [2.24, 2.45) is 0 Å². The fraction of sp³-hybridized carbons (Fsp3) is 0.250. The molecule has 2 rings (SSSR count). The number of rotatable bonds is 9. The molecule has 0 aromatic heterocycles. The van der Waals surface area contributed by atoms with Gasteiger partial charge in [-0.15, -0.1) is 0 Å². The van der Waals surface area contributed by atoms with E-state index in [0.29, 0.717) is 17.1 Å². The van der Waals surface area contributed by atoms with Crippen molar-refractivity contribution < 1.29 is 22.8 Å². The zero-order chi connectivity index (χ0) is 18.3. The van der Waals surface area contributed by atoms with Gasteiger partial charge in [0.15, 0.2) is 0 Å². The standard InChI is InChI=1S/C16H18N2O6S/c1-23-15-6-3-7-16(11-15)24-9-8-17-25(21,22)12-13-4-2-5-14(10-13)18(19)20/h2-7,10-11,17H,8-9,12H2,1H3. The van der Waals surface area contributed by atoms with Crippen LogP contribution in [0.2, 0.25) is 0 Å². The monoisotopic (exact) mass is 366 g/mol. The molecule has 0 spiro atoms. The largest absolute Gasteiger partial charge is 0.497 e. The molecule has 8 nitrogen and oxygen atoms in total. The molecular formula is C16H18N2O6S. The molecule has 0 heterocycles. The van der Waals surface area contributed by atoms with Crippen LogP contribution in [-0.2, 0) is 15.8 Å². The molecule has 2 aromatic rings. The van der Waals surface area contributed by atoms with Gasteiger partial charge in [-0.05, 0) is 17.7 Å². The van der Waals surface area contributed by atoms with E-state index in [1.165, 1.54) is 24.3 Å². The van der Waals surface area contributed by atoms with Gasteiger partial charge in [0.05, 0.1) is 17.8 Å². The summed E-state index contributed by atoms with van der Waals surface area (Å²) >= 11 is 0. The Hall–Kier alpha value is -2.65. The Balaban J connectivity index is 1.85. The molecule has 0 atom stereocenters. The lowest BCUT2D eigenvalue weighted by atomic mass is 10.2. The first-order valence-electron chi connectivity index (χ1n) is 7.37. The van der Waals surface area contributed by atoms with Crippen LogP contribution in [-0.4, -0.2) is 33.6 Å². The zero-order valence-electron chi connectivity index (χ0n) is 13.5. The van der Waals surface area contributed by atoms with Gasteiger partial charge in [0, 0.05) is 24.7 Å². The molecule has 9 heteroatoms. The van der Waals surface area contributed by atoms with Crippen molar-refractivity contribution in [1.29, 1.82) is 0 Å². The zero-order valence-corrected chi connectivity index (χ0v) is 14.4. The van der Waals surface area contributed by atoms with Gasteiger partial charge in [-0.3, -0.25) is 10.1 Å². The molecule has 0 amide bonds. The van der Waals surface area contributed by atoms with E-state index in [4.69, 9.17) is 9.47 Å². The summed E-state index contributed by atoms with van der Waals surface area (Å²) < 4.78 is 37.0. The number of benzene rings is 2. The SMILES string of the molecule is COc1cccc(OCCNS(=O)(=O)Cc2cccc([N+](=O)[O-])c2)c1. The number of sulfonamides is 1. The number of nitrogens with zero attached hydrogens (tertiary/aromatic N) is 1. The van der Waals surface area contributed by atoms with Crippen molar-refractivity contribution in [2.45, 2.75) is 5.75 Å². The Morgan fingerprint density at radius 3 is 2.56 bits per heavy atom. The van der Waals surface area contributed by atoms with Crippen LogP contribution in [0, 0.1) is 10.1 Å². The predicted molar refractivity (Wildman–Crippen MR) is 92.2 cm³/mol. The van der Waals surface area contributed by atoms with E-state index in [2.05, 4.69) is 4.72 Å². The Kier molecular flexibility index (Phi) is 6.31. The number of nitro benzene ring substituents is 1. The summed E-state index contributed by atoms with van der Waals surface area (Å²) in [5, 5.41) is 10.7. The number of hydrogen-bond acceptors (Lipinski definition) is 6. The fourth-order valence-electron chi connectivity index (χ4n) is 2.09. The maximum absolute atomic E-state index is 12.0. The van der Waals surface area contributed by atoms with E-state index < -0.39 is 14.9 Å². The second-order valence-electron chi connectivity index (χ2n) is 5.11. The Morgan fingerprint density at radius 2 is 1.84 bits per heavy atom. The number of methoxy groups -OCH3 is 1. The third kappa shape index (κ3) is 6.05. The number of nitrogens with one attached hydrogen (secondary N) is 1. The number of non-ortho nitro benzene ring substituents is 1. The minimum absolute atomic E-state index is 0.0778. The van der Waals surface area contributed by atoms with E-state index in [-0.39, 0.29) is 24.6 Å². The number of ether oxygens (including phenoxy) is 2. The topological polar surface area (TPSA) is 108 Å². The minimum Gasteiger partial charge on any atom is -0.497 e. The van der Waals surface area contributed by atoms with Gasteiger partial charge < -0.3 is 9.47 Å². The first kappa shape index (κ1) is 18.7. The second kappa shape index (κ2) is 8.45. The van der Waals surface area contributed by atoms with Gasteiger partial charge in [0.1, 0.15) is 18.1 Å². The highest BCUT2D eigenvalue weighted by Crippen LogP contribution is 2.18. The number of nitro groups is 1. The first-order chi connectivity index (χ1) is 11.9. The lowest BCUT2D eigenvalue weighted by Crippen LogP contribution is -2.29. The smallest absolute Gasteiger partial charge is 0.269 e. The van der Waals surface area contributed by atoms with Crippen LogP contribution >= 0.6 is 0 Å². The van der Waals surface area contributed by atoms with Gasteiger partial charge in [-0.25, -0.2) is 13.1 Å². The highest BCUT2D eigenvalue weighted by Gasteiger charge is 2.14. The lowest BCUT2D eigenvalue weighted by Gasteiger charge is -2.09. The summed E-state index contributed by atoms with van der Waals surface area (Å²) in [6.45, 7) is 0.218. The molecule has 0 saturated heterocycles. The van der Waals surface area contributed by atoms with Gasteiger partial charge >= 0.3 is 0 Å². The quantitative estimate of drug-likeness (QED) is 0.414. The molecule has 1 N–H and O–H groups in total. The maximum Gasteiger partial charge on any atom is 0.269 e. The third-order valence-electron chi connectivity index (χ3n) is 3.21. The van der Waals surface area contributed by atoms with Crippen LogP contribution in [0.5, 0.6) is 11.5 Å². The van der Waals surface area contributed by atoms with Gasteiger partial charge in [-0.2, -0.15) is 0 Å².